The fourth-order valence-electron chi connectivity index (χ4n) is 5.32. The molecule has 0 radical (unpaired) electrons. The van der Waals surface area contributed by atoms with Crippen LogP contribution in [0.1, 0.15) is 0 Å². The number of rotatable bonds is 5. The Morgan fingerprint density at radius 3 is 1.02 bits per heavy atom. The van der Waals surface area contributed by atoms with Crippen molar-refractivity contribution < 1.29 is 25.9 Å². The van der Waals surface area contributed by atoms with E-state index in [0.29, 0.717) is 55.2 Å². The van der Waals surface area contributed by atoms with Gasteiger partial charge in [-0.15, -0.1) is 0 Å². The molecule has 0 saturated heterocycles. The first-order valence-electron chi connectivity index (χ1n) is 12.7. The maximum absolute atomic E-state index is 12.1. The van der Waals surface area contributed by atoms with Crippen LogP contribution in [0.25, 0.3) is 54.9 Å². The summed E-state index contributed by atoms with van der Waals surface area (Å²) in [6.07, 6.45) is 0. The maximum Gasteiger partial charge on any atom is 0.295 e. The molecule has 0 heterocycles. The fraction of sp³-hybridized carbons (Fsp3) is 0. The number of benzene rings is 6. The van der Waals surface area contributed by atoms with E-state index in [4.69, 9.17) is 11.5 Å². The highest BCUT2D eigenvalue weighted by atomic mass is 32.2. The first-order valence-corrected chi connectivity index (χ1v) is 15.6. The third kappa shape index (κ3) is 4.76. The van der Waals surface area contributed by atoms with Crippen LogP contribution in [-0.4, -0.2) is 25.9 Å². The molecule has 6 aromatic carbocycles. The highest BCUT2D eigenvalue weighted by Gasteiger charge is 2.20. The van der Waals surface area contributed by atoms with Crippen molar-refractivity contribution in [3.05, 3.63) is 109 Å². The van der Waals surface area contributed by atoms with E-state index in [9.17, 15) is 25.9 Å². The van der Waals surface area contributed by atoms with E-state index in [0.717, 1.165) is 11.1 Å². The highest BCUT2D eigenvalue weighted by molar-refractivity contribution is 7.86. The van der Waals surface area contributed by atoms with Crippen LogP contribution >= 0.6 is 0 Å². The van der Waals surface area contributed by atoms with Crippen molar-refractivity contribution in [3.8, 4) is 33.4 Å². The zero-order valence-electron chi connectivity index (χ0n) is 21.9. The average Bonchev–Trinajstić information content (AvgIpc) is 2.97. The van der Waals surface area contributed by atoms with Crippen molar-refractivity contribution >= 4 is 53.2 Å². The minimum absolute atomic E-state index is 0.216. The van der Waals surface area contributed by atoms with Crippen molar-refractivity contribution in [3.63, 3.8) is 0 Å². The Morgan fingerprint density at radius 2 is 0.714 bits per heavy atom. The molecule has 0 unspecified atom stereocenters. The van der Waals surface area contributed by atoms with Gasteiger partial charge < -0.3 is 11.5 Å². The lowest BCUT2D eigenvalue weighted by molar-refractivity contribution is 0.482. The molecule has 6 rings (SSSR count). The number of hydrogen-bond donors (Lipinski definition) is 4. The van der Waals surface area contributed by atoms with E-state index in [1.165, 1.54) is 12.1 Å². The molecule has 0 fully saturated rings. The van der Waals surface area contributed by atoms with Gasteiger partial charge in [-0.05, 0) is 34.4 Å². The topological polar surface area (TPSA) is 161 Å². The number of fused-ring (bicyclic) bond motifs is 2. The zero-order valence-corrected chi connectivity index (χ0v) is 23.5. The number of hydrogen-bond acceptors (Lipinski definition) is 6. The van der Waals surface area contributed by atoms with Gasteiger partial charge >= 0.3 is 0 Å². The van der Waals surface area contributed by atoms with Gasteiger partial charge in [0.05, 0.1) is 0 Å². The SMILES string of the molecule is Nc1c(-c2ccc(-c3ccc(-c4cc(S(=O)(=O)O)c5ccccc5c4N)cc3)cc2)cc(S(=O)(=O)O)c2ccccc12. The second-order valence-corrected chi connectivity index (χ2v) is 12.6. The monoisotopic (exact) mass is 596 g/mol. The molecule has 0 aliphatic carbocycles. The second-order valence-electron chi connectivity index (χ2n) is 9.87. The average molecular weight is 597 g/mol. The molecule has 210 valence electrons. The summed E-state index contributed by atoms with van der Waals surface area (Å²) in [4.78, 5) is -0.431. The number of anilines is 2. The summed E-state index contributed by atoms with van der Waals surface area (Å²) in [6.45, 7) is 0. The standard InChI is InChI=1S/C32H24N2O6S2/c33-31-25-7-3-1-5-23(25)29(41(35,36)37)17-27(31)21-13-9-19(10-14-21)20-11-15-22(16-12-20)28-18-30(42(38,39)40)24-6-2-4-8-26(24)32(28)34/h1-18H,33-34H2,(H,35,36,37)(H,38,39,40). The third-order valence-electron chi connectivity index (χ3n) is 7.38. The van der Waals surface area contributed by atoms with E-state index in [1.807, 2.05) is 48.5 Å². The Bertz CT molecular complexity index is 2080. The summed E-state index contributed by atoms with van der Waals surface area (Å²) in [5, 5.41) is 1.72. The van der Waals surface area contributed by atoms with Crippen molar-refractivity contribution in [2.24, 2.45) is 0 Å². The molecule has 42 heavy (non-hydrogen) atoms. The van der Waals surface area contributed by atoms with E-state index in [2.05, 4.69) is 0 Å². The molecule has 6 N–H and O–H groups in total. The molecule has 6 aromatic rings. The molecule has 0 bridgehead atoms. The van der Waals surface area contributed by atoms with Gasteiger partial charge in [-0.25, -0.2) is 0 Å². The van der Waals surface area contributed by atoms with Crippen LogP contribution in [0.4, 0.5) is 11.4 Å². The van der Waals surface area contributed by atoms with Crippen molar-refractivity contribution in [2.75, 3.05) is 11.5 Å². The van der Waals surface area contributed by atoms with Gasteiger partial charge in [-0.2, -0.15) is 16.8 Å². The van der Waals surface area contributed by atoms with E-state index in [1.54, 1.807) is 48.5 Å². The van der Waals surface area contributed by atoms with Gasteiger partial charge in [0, 0.05) is 44.0 Å². The molecule has 0 aromatic heterocycles. The maximum atomic E-state index is 12.1. The third-order valence-corrected chi connectivity index (χ3v) is 9.16. The minimum Gasteiger partial charge on any atom is -0.398 e. The summed E-state index contributed by atoms with van der Waals surface area (Å²) in [5.74, 6) is 0. The van der Waals surface area contributed by atoms with Gasteiger partial charge in [-0.3, -0.25) is 9.11 Å². The van der Waals surface area contributed by atoms with Gasteiger partial charge in [0.2, 0.25) is 0 Å². The van der Waals surface area contributed by atoms with Crippen LogP contribution in [0.15, 0.2) is 119 Å². The molecule has 8 nitrogen and oxygen atoms in total. The van der Waals surface area contributed by atoms with Crippen LogP contribution in [0.3, 0.4) is 0 Å². The Hall–Kier alpha value is -4.74. The van der Waals surface area contributed by atoms with Gasteiger partial charge in [0.1, 0.15) is 9.79 Å². The first kappa shape index (κ1) is 27.4. The zero-order chi connectivity index (χ0) is 29.8. The Balaban J connectivity index is 1.38. The minimum atomic E-state index is -4.49. The molecule has 0 aliphatic rings. The van der Waals surface area contributed by atoms with Crippen LogP contribution in [0, 0.1) is 0 Å². The lowest BCUT2D eigenvalue weighted by Crippen LogP contribution is -2.02. The van der Waals surface area contributed by atoms with E-state index >= 15 is 0 Å². The fourth-order valence-corrected chi connectivity index (χ4v) is 6.76. The van der Waals surface area contributed by atoms with Crippen molar-refractivity contribution in [2.45, 2.75) is 9.79 Å². The Morgan fingerprint density at radius 1 is 0.429 bits per heavy atom. The van der Waals surface area contributed by atoms with Crippen LogP contribution in [0.5, 0.6) is 0 Å². The molecule has 0 aliphatic heterocycles. The summed E-state index contributed by atoms with van der Waals surface area (Å²) >= 11 is 0. The van der Waals surface area contributed by atoms with E-state index < -0.39 is 20.2 Å². The molecular formula is C32H24N2O6S2. The number of nitrogen functional groups attached to an aromatic ring is 2. The van der Waals surface area contributed by atoms with Gasteiger partial charge in [0.25, 0.3) is 20.2 Å². The quantitative estimate of drug-likeness (QED) is 0.127. The number of nitrogens with two attached hydrogens (primary N) is 2. The second kappa shape index (κ2) is 9.97. The van der Waals surface area contributed by atoms with Gasteiger partial charge in [-0.1, -0.05) is 97.1 Å². The highest BCUT2D eigenvalue weighted by Crippen LogP contribution is 2.39. The van der Waals surface area contributed by atoms with E-state index in [-0.39, 0.29) is 9.79 Å². The molecule has 10 heteroatoms. The van der Waals surface area contributed by atoms with Gasteiger partial charge in [0.15, 0.2) is 0 Å². The molecule has 0 amide bonds. The Labute approximate surface area is 242 Å². The first-order chi connectivity index (χ1) is 19.9. The summed E-state index contributed by atoms with van der Waals surface area (Å²) in [5.41, 5.74) is 17.7. The largest absolute Gasteiger partial charge is 0.398 e. The predicted octanol–water partition coefficient (Wildman–Crippen LogP) is 6.65. The molecular weight excluding hydrogens is 572 g/mol. The predicted molar refractivity (Wildman–Crippen MR) is 166 cm³/mol. The van der Waals surface area contributed by atoms with Crippen molar-refractivity contribution in [1.29, 1.82) is 0 Å². The molecule has 0 saturated carbocycles. The van der Waals surface area contributed by atoms with Crippen LogP contribution < -0.4 is 11.5 Å². The van der Waals surface area contributed by atoms with Crippen molar-refractivity contribution in [1.82, 2.24) is 0 Å². The lowest BCUT2D eigenvalue weighted by atomic mass is 9.95. The molecule has 0 spiro atoms. The summed E-state index contributed by atoms with van der Waals surface area (Å²) < 4.78 is 68.2. The molecule has 0 atom stereocenters. The summed E-state index contributed by atoms with van der Waals surface area (Å²) in [7, 11) is -8.99. The lowest BCUT2D eigenvalue weighted by Gasteiger charge is -2.14. The summed E-state index contributed by atoms with van der Waals surface area (Å²) in [6, 6.07) is 31.0. The normalized spacial score (nSPS) is 12.1. The Kier molecular flexibility index (Phi) is 6.51. The van der Waals surface area contributed by atoms with Crippen LogP contribution in [0.2, 0.25) is 0 Å². The van der Waals surface area contributed by atoms with Crippen LogP contribution in [-0.2, 0) is 20.2 Å². The smallest absolute Gasteiger partial charge is 0.295 e.